The number of amides is 1. The van der Waals surface area contributed by atoms with Crippen LogP contribution in [0.5, 0.6) is 0 Å². The number of halogens is 2. The third-order valence-electron chi connectivity index (χ3n) is 3.47. The highest BCUT2D eigenvalue weighted by molar-refractivity contribution is 7.92. The summed E-state index contributed by atoms with van der Waals surface area (Å²) in [5.41, 5.74) is 1.71. The molecule has 1 unspecified atom stereocenters. The summed E-state index contributed by atoms with van der Waals surface area (Å²) in [6.45, 7) is 3.37. The third kappa shape index (κ3) is 5.11. The van der Waals surface area contributed by atoms with E-state index in [2.05, 4.69) is 5.32 Å². The molecule has 25 heavy (non-hydrogen) atoms. The molecule has 0 fully saturated rings. The van der Waals surface area contributed by atoms with Crippen molar-refractivity contribution in [1.29, 1.82) is 0 Å². The van der Waals surface area contributed by atoms with Gasteiger partial charge in [-0.2, -0.15) is 0 Å². The Labute approximate surface area is 157 Å². The minimum absolute atomic E-state index is 0.370. The fourth-order valence-corrected chi connectivity index (χ4v) is 4.14. The number of rotatable bonds is 5. The maximum Gasteiger partial charge on any atom is 0.247 e. The first-order chi connectivity index (χ1) is 11.6. The monoisotopic (exact) mass is 400 g/mol. The van der Waals surface area contributed by atoms with Crippen LogP contribution in [0, 0.1) is 6.92 Å². The van der Waals surface area contributed by atoms with Crippen molar-refractivity contribution in [2.24, 2.45) is 0 Å². The summed E-state index contributed by atoms with van der Waals surface area (Å²) < 4.78 is 25.6. The first-order valence-electron chi connectivity index (χ1n) is 7.41. The molecule has 134 valence electrons. The maximum absolute atomic E-state index is 12.6. The summed E-state index contributed by atoms with van der Waals surface area (Å²) in [4.78, 5) is 12.6. The van der Waals surface area contributed by atoms with E-state index >= 15 is 0 Å². The summed E-state index contributed by atoms with van der Waals surface area (Å²) in [5.74, 6) is -0.495. The lowest BCUT2D eigenvalue weighted by molar-refractivity contribution is -0.116. The van der Waals surface area contributed by atoms with Crippen molar-refractivity contribution in [3.8, 4) is 0 Å². The molecular weight excluding hydrogens is 383 g/mol. The highest BCUT2D eigenvalue weighted by Crippen LogP contribution is 2.25. The van der Waals surface area contributed by atoms with Crippen LogP contribution in [-0.2, 0) is 14.8 Å². The topological polar surface area (TPSA) is 66.5 Å². The van der Waals surface area contributed by atoms with Gasteiger partial charge in [0.15, 0.2) is 0 Å². The number of hydrogen-bond donors (Lipinski definition) is 1. The van der Waals surface area contributed by atoms with Crippen LogP contribution in [-0.4, -0.2) is 26.6 Å². The van der Waals surface area contributed by atoms with Crippen LogP contribution in [0.4, 0.5) is 11.4 Å². The zero-order chi connectivity index (χ0) is 18.8. The summed E-state index contributed by atoms with van der Waals surface area (Å²) >= 11 is 11.8. The van der Waals surface area contributed by atoms with Crippen LogP contribution < -0.4 is 9.62 Å². The molecule has 1 amide bonds. The van der Waals surface area contributed by atoms with Crippen molar-refractivity contribution >= 4 is 50.5 Å². The Hall–Kier alpha value is -1.76. The van der Waals surface area contributed by atoms with Gasteiger partial charge in [0.25, 0.3) is 0 Å². The summed E-state index contributed by atoms with van der Waals surface area (Å²) in [7, 11) is -3.67. The number of benzene rings is 2. The van der Waals surface area contributed by atoms with Gasteiger partial charge in [-0.25, -0.2) is 8.42 Å². The standard InChI is InChI=1S/C17H18Cl2N2O3S/c1-11-5-4-6-16(7-11)21(25(3,23)24)12(2)17(22)20-15-9-13(18)8-14(19)10-15/h4-10,12H,1-3H3,(H,20,22). The lowest BCUT2D eigenvalue weighted by atomic mass is 10.2. The van der Waals surface area contributed by atoms with E-state index in [4.69, 9.17) is 23.2 Å². The van der Waals surface area contributed by atoms with Crippen molar-refractivity contribution in [3.63, 3.8) is 0 Å². The van der Waals surface area contributed by atoms with Gasteiger partial charge < -0.3 is 5.32 Å². The minimum atomic E-state index is -3.67. The van der Waals surface area contributed by atoms with E-state index in [1.807, 2.05) is 13.0 Å². The van der Waals surface area contributed by atoms with Gasteiger partial charge in [0.1, 0.15) is 6.04 Å². The quantitative estimate of drug-likeness (QED) is 0.821. The lowest BCUT2D eigenvalue weighted by Crippen LogP contribution is -2.45. The molecule has 8 heteroatoms. The Morgan fingerprint density at radius 3 is 2.24 bits per heavy atom. The van der Waals surface area contributed by atoms with Crippen molar-refractivity contribution in [3.05, 3.63) is 58.1 Å². The predicted molar refractivity (Wildman–Crippen MR) is 103 cm³/mol. The maximum atomic E-state index is 12.6. The van der Waals surface area contributed by atoms with Gasteiger partial charge in [-0.05, 0) is 49.7 Å². The van der Waals surface area contributed by atoms with E-state index in [0.29, 0.717) is 21.4 Å². The molecule has 0 aliphatic rings. The van der Waals surface area contributed by atoms with Crippen LogP contribution >= 0.6 is 23.2 Å². The molecule has 0 radical (unpaired) electrons. The molecule has 0 saturated heterocycles. The highest BCUT2D eigenvalue weighted by Gasteiger charge is 2.29. The molecule has 2 aromatic carbocycles. The summed E-state index contributed by atoms with van der Waals surface area (Å²) in [6, 6.07) is 10.6. The number of hydrogen-bond acceptors (Lipinski definition) is 3. The number of carbonyl (C=O) groups excluding carboxylic acids is 1. The highest BCUT2D eigenvalue weighted by atomic mass is 35.5. The van der Waals surface area contributed by atoms with E-state index in [9.17, 15) is 13.2 Å². The van der Waals surface area contributed by atoms with Gasteiger partial charge in [0.2, 0.25) is 15.9 Å². The van der Waals surface area contributed by atoms with E-state index in [-0.39, 0.29) is 0 Å². The van der Waals surface area contributed by atoms with Crippen LogP contribution in [0.25, 0.3) is 0 Å². The van der Waals surface area contributed by atoms with Gasteiger partial charge in [-0.3, -0.25) is 9.10 Å². The second-order valence-electron chi connectivity index (χ2n) is 5.72. The first-order valence-corrected chi connectivity index (χ1v) is 10.0. The van der Waals surface area contributed by atoms with Crippen LogP contribution in [0.3, 0.4) is 0 Å². The average Bonchev–Trinajstić information content (AvgIpc) is 2.44. The van der Waals surface area contributed by atoms with E-state index in [1.165, 1.54) is 25.1 Å². The van der Waals surface area contributed by atoms with Crippen molar-refractivity contribution in [2.45, 2.75) is 19.9 Å². The Morgan fingerprint density at radius 1 is 1.12 bits per heavy atom. The van der Waals surface area contributed by atoms with Gasteiger partial charge >= 0.3 is 0 Å². The summed E-state index contributed by atoms with van der Waals surface area (Å²) in [5, 5.41) is 3.39. The van der Waals surface area contributed by atoms with Crippen molar-refractivity contribution in [2.75, 3.05) is 15.9 Å². The lowest BCUT2D eigenvalue weighted by Gasteiger charge is -2.28. The normalized spacial score (nSPS) is 12.5. The second-order valence-corrected chi connectivity index (χ2v) is 8.45. The molecule has 5 nitrogen and oxygen atoms in total. The largest absolute Gasteiger partial charge is 0.324 e. The molecule has 0 bridgehead atoms. The van der Waals surface area contributed by atoms with Crippen molar-refractivity contribution in [1.82, 2.24) is 0 Å². The van der Waals surface area contributed by atoms with Crippen LogP contribution in [0.15, 0.2) is 42.5 Å². The number of carbonyl (C=O) groups is 1. The smallest absolute Gasteiger partial charge is 0.247 e. The molecule has 0 aliphatic heterocycles. The first kappa shape index (κ1) is 19.6. The molecule has 0 aliphatic carbocycles. The fourth-order valence-electron chi connectivity index (χ4n) is 2.45. The Balaban J connectivity index is 2.33. The van der Waals surface area contributed by atoms with Gasteiger partial charge in [-0.1, -0.05) is 35.3 Å². The number of nitrogens with one attached hydrogen (secondary N) is 1. The zero-order valence-corrected chi connectivity index (χ0v) is 16.3. The van der Waals surface area contributed by atoms with Crippen molar-refractivity contribution < 1.29 is 13.2 Å². The summed E-state index contributed by atoms with van der Waals surface area (Å²) in [6.07, 6.45) is 1.06. The Kier molecular flexibility index (Phi) is 5.98. The Bertz CT molecular complexity index is 880. The number of aryl methyl sites for hydroxylation is 1. The molecular formula is C17H18Cl2N2O3S. The van der Waals surface area contributed by atoms with Gasteiger partial charge in [-0.15, -0.1) is 0 Å². The van der Waals surface area contributed by atoms with E-state index < -0.39 is 22.0 Å². The Morgan fingerprint density at radius 2 is 1.72 bits per heavy atom. The molecule has 1 atom stereocenters. The van der Waals surface area contributed by atoms with Crippen LogP contribution in [0.2, 0.25) is 10.0 Å². The zero-order valence-electron chi connectivity index (χ0n) is 14.0. The fraction of sp³-hybridized carbons (Fsp3) is 0.235. The third-order valence-corrected chi connectivity index (χ3v) is 5.15. The molecule has 0 spiro atoms. The number of anilines is 2. The SMILES string of the molecule is Cc1cccc(N(C(C)C(=O)Nc2cc(Cl)cc(Cl)c2)S(C)(=O)=O)c1. The predicted octanol–water partition coefficient (Wildman–Crippen LogP) is 4.10. The average molecular weight is 401 g/mol. The number of nitrogens with zero attached hydrogens (tertiary/aromatic N) is 1. The molecule has 1 N–H and O–H groups in total. The minimum Gasteiger partial charge on any atom is -0.324 e. The van der Waals surface area contributed by atoms with Gasteiger partial charge in [0.05, 0.1) is 11.9 Å². The molecule has 0 aromatic heterocycles. The molecule has 2 rings (SSSR count). The molecule has 0 heterocycles. The van der Waals surface area contributed by atoms with Crippen LogP contribution in [0.1, 0.15) is 12.5 Å². The molecule has 2 aromatic rings. The van der Waals surface area contributed by atoms with E-state index in [1.54, 1.807) is 18.2 Å². The number of sulfonamides is 1. The second kappa shape index (κ2) is 7.64. The molecule has 0 saturated carbocycles. The van der Waals surface area contributed by atoms with E-state index in [0.717, 1.165) is 16.1 Å². The van der Waals surface area contributed by atoms with Gasteiger partial charge in [0, 0.05) is 15.7 Å².